The van der Waals surface area contributed by atoms with E-state index in [9.17, 15) is 5.11 Å². The van der Waals surface area contributed by atoms with Gasteiger partial charge in [0.2, 0.25) is 0 Å². The predicted molar refractivity (Wildman–Crippen MR) is 76.0 cm³/mol. The first kappa shape index (κ1) is 12.8. The first-order valence-corrected chi connectivity index (χ1v) is 6.95. The molecule has 0 radical (unpaired) electrons. The van der Waals surface area contributed by atoms with Crippen LogP contribution in [0.1, 0.15) is 11.5 Å². The van der Waals surface area contributed by atoms with Crippen molar-refractivity contribution in [2.45, 2.75) is 12.3 Å². The number of imidazole rings is 1. The van der Waals surface area contributed by atoms with Crippen LogP contribution in [0.15, 0.2) is 28.7 Å². The highest BCUT2D eigenvalue weighted by Gasteiger charge is 2.43. The van der Waals surface area contributed by atoms with Gasteiger partial charge in [0.1, 0.15) is 5.82 Å². The second-order valence-corrected chi connectivity index (χ2v) is 5.92. The molecule has 1 aliphatic rings. The average molecular weight is 323 g/mol. The SMILES string of the molecule is Cc1[nH]c(C2(CO)COC2)nc1-c1cccc(Br)c1. The molecule has 2 aromatic rings. The lowest BCUT2D eigenvalue weighted by Crippen LogP contribution is -2.50. The summed E-state index contributed by atoms with van der Waals surface area (Å²) in [5, 5.41) is 9.56. The molecule has 1 aromatic heterocycles. The van der Waals surface area contributed by atoms with E-state index in [4.69, 9.17) is 4.74 Å². The summed E-state index contributed by atoms with van der Waals surface area (Å²) in [6, 6.07) is 8.04. The van der Waals surface area contributed by atoms with Gasteiger partial charge in [0.05, 0.1) is 30.9 Å². The number of aliphatic hydroxyl groups excluding tert-OH is 1. The summed E-state index contributed by atoms with van der Waals surface area (Å²) in [5.74, 6) is 0.814. The molecule has 0 spiro atoms. The van der Waals surface area contributed by atoms with Crippen LogP contribution in [0.4, 0.5) is 0 Å². The number of rotatable bonds is 3. The van der Waals surface area contributed by atoms with Gasteiger partial charge in [0, 0.05) is 15.7 Å². The monoisotopic (exact) mass is 322 g/mol. The molecule has 1 fully saturated rings. The molecular formula is C14H15BrN2O2. The van der Waals surface area contributed by atoms with Gasteiger partial charge < -0.3 is 14.8 Å². The topological polar surface area (TPSA) is 58.1 Å². The molecule has 0 saturated carbocycles. The van der Waals surface area contributed by atoms with E-state index < -0.39 is 0 Å². The summed E-state index contributed by atoms with van der Waals surface area (Å²) in [7, 11) is 0. The summed E-state index contributed by atoms with van der Waals surface area (Å²) in [4.78, 5) is 7.96. The van der Waals surface area contributed by atoms with Gasteiger partial charge in [0.15, 0.2) is 0 Å². The van der Waals surface area contributed by atoms with Crippen LogP contribution in [0.25, 0.3) is 11.3 Å². The van der Waals surface area contributed by atoms with Crippen molar-refractivity contribution in [1.82, 2.24) is 9.97 Å². The average Bonchev–Trinajstić information content (AvgIpc) is 2.71. The van der Waals surface area contributed by atoms with Crippen LogP contribution in [0.2, 0.25) is 0 Å². The first-order valence-electron chi connectivity index (χ1n) is 6.16. The summed E-state index contributed by atoms with van der Waals surface area (Å²) >= 11 is 3.47. The molecule has 19 heavy (non-hydrogen) atoms. The molecule has 5 heteroatoms. The van der Waals surface area contributed by atoms with Crippen LogP contribution in [0.3, 0.4) is 0 Å². The fourth-order valence-corrected chi connectivity index (χ4v) is 2.68. The van der Waals surface area contributed by atoms with E-state index in [1.54, 1.807) is 0 Å². The zero-order valence-corrected chi connectivity index (χ0v) is 12.2. The number of aliphatic hydroxyl groups is 1. The molecule has 100 valence electrons. The second-order valence-electron chi connectivity index (χ2n) is 5.00. The molecule has 0 aliphatic carbocycles. The quantitative estimate of drug-likeness (QED) is 0.912. The van der Waals surface area contributed by atoms with Gasteiger partial charge in [-0.3, -0.25) is 0 Å². The van der Waals surface area contributed by atoms with Crippen molar-refractivity contribution >= 4 is 15.9 Å². The minimum Gasteiger partial charge on any atom is -0.395 e. The number of aryl methyl sites for hydroxylation is 1. The first-order chi connectivity index (χ1) is 9.14. The molecule has 1 saturated heterocycles. The van der Waals surface area contributed by atoms with Crippen molar-refractivity contribution < 1.29 is 9.84 Å². The molecule has 2 heterocycles. The second kappa shape index (κ2) is 4.74. The predicted octanol–water partition coefficient (Wildman–Crippen LogP) is 2.41. The van der Waals surface area contributed by atoms with Gasteiger partial charge in [-0.25, -0.2) is 4.98 Å². The Hall–Kier alpha value is -1.17. The fraction of sp³-hybridized carbons (Fsp3) is 0.357. The maximum atomic E-state index is 9.56. The van der Waals surface area contributed by atoms with E-state index in [1.807, 2.05) is 31.2 Å². The smallest absolute Gasteiger partial charge is 0.120 e. The number of nitrogens with one attached hydrogen (secondary N) is 1. The molecule has 0 unspecified atom stereocenters. The van der Waals surface area contributed by atoms with Gasteiger partial charge in [-0.15, -0.1) is 0 Å². The maximum Gasteiger partial charge on any atom is 0.120 e. The van der Waals surface area contributed by atoms with Crippen molar-refractivity contribution in [2.24, 2.45) is 0 Å². The number of benzene rings is 1. The Morgan fingerprint density at radius 2 is 2.26 bits per heavy atom. The minimum absolute atomic E-state index is 0.0534. The molecule has 2 N–H and O–H groups in total. The summed E-state index contributed by atoms with van der Waals surface area (Å²) in [6.45, 7) is 3.10. The molecule has 3 rings (SSSR count). The van der Waals surface area contributed by atoms with Crippen LogP contribution < -0.4 is 0 Å². The Morgan fingerprint density at radius 1 is 1.47 bits per heavy atom. The van der Waals surface area contributed by atoms with Crippen LogP contribution in [-0.2, 0) is 10.2 Å². The third-order valence-corrected chi connectivity index (χ3v) is 4.04. The number of aromatic nitrogens is 2. The van der Waals surface area contributed by atoms with E-state index in [1.165, 1.54) is 0 Å². The molecule has 1 aromatic carbocycles. The highest BCUT2D eigenvalue weighted by Crippen LogP contribution is 2.33. The molecule has 0 atom stereocenters. The van der Waals surface area contributed by atoms with Gasteiger partial charge in [-0.2, -0.15) is 0 Å². The van der Waals surface area contributed by atoms with E-state index in [0.717, 1.165) is 27.2 Å². The summed E-state index contributed by atoms with van der Waals surface area (Å²) in [5.41, 5.74) is 2.64. The molecule has 0 bridgehead atoms. The van der Waals surface area contributed by atoms with E-state index in [-0.39, 0.29) is 12.0 Å². The number of ether oxygens (including phenoxy) is 1. The zero-order valence-electron chi connectivity index (χ0n) is 10.6. The van der Waals surface area contributed by atoms with Gasteiger partial charge in [-0.05, 0) is 19.1 Å². The van der Waals surface area contributed by atoms with Crippen LogP contribution in [0, 0.1) is 6.92 Å². The standard InChI is InChI=1S/C14H15BrN2O2/c1-9-12(10-3-2-4-11(15)5-10)17-13(16-9)14(6-18)7-19-8-14/h2-5,18H,6-8H2,1H3,(H,16,17). The number of hydrogen-bond donors (Lipinski definition) is 2. The van der Waals surface area contributed by atoms with E-state index in [2.05, 4.69) is 25.9 Å². The summed E-state index contributed by atoms with van der Waals surface area (Å²) < 4.78 is 6.26. The lowest BCUT2D eigenvalue weighted by atomic mass is 9.86. The molecule has 0 amide bonds. The van der Waals surface area contributed by atoms with Gasteiger partial charge in [0.25, 0.3) is 0 Å². The number of hydrogen-bond acceptors (Lipinski definition) is 3. The Balaban J connectivity index is 2.02. The Labute approximate surface area is 120 Å². The van der Waals surface area contributed by atoms with E-state index >= 15 is 0 Å². The third kappa shape index (κ3) is 2.12. The van der Waals surface area contributed by atoms with Crippen LogP contribution >= 0.6 is 15.9 Å². The zero-order chi connectivity index (χ0) is 13.5. The number of nitrogens with zero attached hydrogens (tertiary/aromatic N) is 1. The maximum absolute atomic E-state index is 9.56. The van der Waals surface area contributed by atoms with Crippen molar-refractivity contribution in [1.29, 1.82) is 0 Å². The van der Waals surface area contributed by atoms with Crippen molar-refractivity contribution in [3.63, 3.8) is 0 Å². The number of H-pyrrole nitrogens is 1. The largest absolute Gasteiger partial charge is 0.395 e. The fourth-order valence-electron chi connectivity index (χ4n) is 2.28. The Morgan fingerprint density at radius 3 is 2.84 bits per heavy atom. The Kier molecular flexibility index (Phi) is 3.20. The Bertz CT molecular complexity index is 600. The van der Waals surface area contributed by atoms with Gasteiger partial charge in [-0.1, -0.05) is 28.1 Å². The summed E-state index contributed by atoms with van der Waals surface area (Å²) in [6.07, 6.45) is 0. The van der Waals surface area contributed by atoms with Crippen LogP contribution in [-0.4, -0.2) is 34.9 Å². The number of halogens is 1. The van der Waals surface area contributed by atoms with Crippen molar-refractivity contribution in [3.8, 4) is 11.3 Å². The normalized spacial score (nSPS) is 17.2. The van der Waals surface area contributed by atoms with Crippen LogP contribution in [0.5, 0.6) is 0 Å². The molecule has 4 nitrogen and oxygen atoms in total. The number of aromatic amines is 1. The minimum atomic E-state index is -0.352. The van der Waals surface area contributed by atoms with Crippen molar-refractivity contribution in [3.05, 3.63) is 40.3 Å². The molecular weight excluding hydrogens is 308 g/mol. The third-order valence-electron chi connectivity index (χ3n) is 3.54. The van der Waals surface area contributed by atoms with Gasteiger partial charge >= 0.3 is 0 Å². The van der Waals surface area contributed by atoms with E-state index in [0.29, 0.717) is 13.2 Å². The van der Waals surface area contributed by atoms with Crippen molar-refractivity contribution in [2.75, 3.05) is 19.8 Å². The lowest BCUT2D eigenvalue weighted by molar-refractivity contribution is -0.0880. The highest BCUT2D eigenvalue weighted by atomic mass is 79.9. The highest BCUT2D eigenvalue weighted by molar-refractivity contribution is 9.10. The molecule has 1 aliphatic heterocycles. The lowest BCUT2D eigenvalue weighted by Gasteiger charge is -2.37.